The van der Waals surface area contributed by atoms with Gasteiger partial charge in [0.2, 0.25) is 11.8 Å². The molecule has 0 radical (unpaired) electrons. The van der Waals surface area contributed by atoms with Crippen molar-refractivity contribution in [1.29, 1.82) is 0 Å². The highest BCUT2D eigenvalue weighted by Gasteiger charge is 2.52. The minimum atomic E-state index is -1.19. The summed E-state index contributed by atoms with van der Waals surface area (Å²) in [5, 5.41) is 18.8. The van der Waals surface area contributed by atoms with Crippen molar-refractivity contribution in [2.45, 2.75) is 50.5 Å². The maximum absolute atomic E-state index is 13.9. The van der Waals surface area contributed by atoms with Crippen molar-refractivity contribution < 1.29 is 23.8 Å². The summed E-state index contributed by atoms with van der Waals surface area (Å²) < 4.78 is 12.1. The average molecular weight is 516 g/mol. The van der Waals surface area contributed by atoms with Crippen molar-refractivity contribution in [1.82, 2.24) is 15.1 Å². The number of carbonyl (C=O) groups is 2. The molecule has 1 aromatic heterocycles. The number of carboxylic acids is 1. The largest absolute Gasteiger partial charge is 0.481 e. The summed E-state index contributed by atoms with van der Waals surface area (Å²) >= 11 is 12.5. The minimum Gasteiger partial charge on any atom is -0.481 e. The standard InChI is InChI=1S/C25H23Cl2N3O5/c1-13-28-29-24(34-13)22(15-5-6-15)30-21(14-7-9-17(26)10-8-14)23(16-3-2-4-18(27)11-16)35-19(25(30)33)12-20(31)32/h2-4,7-11,15,19,21-23H,5-6,12H2,1H3,(H,31,32)/t19-,21+,22-,23-/m1/s1. The number of rotatable bonds is 7. The van der Waals surface area contributed by atoms with Crippen LogP contribution < -0.4 is 0 Å². The van der Waals surface area contributed by atoms with Gasteiger partial charge in [-0.3, -0.25) is 9.59 Å². The Morgan fingerprint density at radius 1 is 1.11 bits per heavy atom. The molecule has 2 heterocycles. The van der Waals surface area contributed by atoms with Gasteiger partial charge in [-0.2, -0.15) is 0 Å². The highest BCUT2D eigenvalue weighted by Crippen LogP contribution is 2.52. The van der Waals surface area contributed by atoms with Gasteiger partial charge >= 0.3 is 5.97 Å². The number of aliphatic carboxylic acids is 1. The summed E-state index contributed by atoms with van der Waals surface area (Å²) in [6.45, 7) is 1.69. The Hall–Kier alpha value is -2.94. The molecule has 35 heavy (non-hydrogen) atoms. The molecule has 1 aliphatic heterocycles. The molecule has 5 rings (SSSR count). The molecule has 1 saturated heterocycles. The van der Waals surface area contributed by atoms with E-state index in [1.807, 2.05) is 18.2 Å². The molecule has 2 aliphatic rings. The molecule has 1 N–H and O–H groups in total. The molecule has 0 spiro atoms. The number of ether oxygens (including phenoxy) is 1. The summed E-state index contributed by atoms with van der Waals surface area (Å²) in [6, 6.07) is 13.2. The lowest BCUT2D eigenvalue weighted by atomic mass is 9.89. The summed E-state index contributed by atoms with van der Waals surface area (Å²) in [5.74, 6) is -0.730. The van der Waals surface area contributed by atoms with Crippen LogP contribution in [0.25, 0.3) is 0 Å². The van der Waals surface area contributed by atoms with Crippen LogP contribution in [0.1, 0.15) is 60.4 Å². The predicted octanol–water partition coefficient (Wildman–Crippen LogP) is 5.32. The summed E-state index contributed by atoms with van der Waals surface area (Å²) in [6.07, 6.45) is -0.585. The fourth-order valence-corrected chi connectivity index (χ4v) is 5.02. The number of halogens is 2. The Bertz CT molecular complexity index is 1240. The Kier molecular flexibility index (Phi) is 6.53. The predicted molar refractivity (Wildman–Crippen MR) is 127 cm³/mol. The lowest BCUT2D eigenvalue weighted by Gasteiger charge is -2.47. The van der Waals surface area contributed by atoms with Crippen LogP contribution in [0, 0.1) is 12.8 Å². The second kappa shape index (κ2) is 9.60. The molecule has 8 nitrogen and oxygen atoms in total. The van der Waals surface area contributed by atoms with Crippen molar-refractivity contribution in [3.8, 4) is 0 Å². The van der Waals surface area contributed by atoms with Crippen LogP contribution in [0.4, 0.5) is 0 Å². The van der Waals surface area contributed by atoms with Crippen LogP contribution in [0.15, 0.2) is 52.9 Å². The van der Waals surface area contributed by atoms with Gasteiger partial charge in [0.1, 0.15) is 18.2 Å². The van der Waals surface area contributed by atoms with Gasteiger partial charge in [-0.25, -0.2) is 0 Å². The fraction of sp³-hybridized carbons (Fsp3) is 0.360. The maximum atomic E-state index is 13.9. The first-order chi connectivity index (χ1) is 16.8. The number of carbonyl (C=O) groups excluding carboxylic acids is 1. The third-order valence-electron chi connectivity index (χ3n) is 6.34. The molecule has 4 atom stereocenters. The number of benzene rings is 2. The molecule has 0 unspecified atom stereocenters. The molecule has 1 amide bonds. The van der Waals surface area contributed by atoms with Gasteiger partial charge < -0.3 is 19.2 Å². The number of hydrogen-bond acceptors (Lipinski definition) is 6. The van der Waals surface area contributed by atoms with Crippen molar-refractivity contribution in [3.05, 3.63) is 81.5 Å². The summed E-state index contributed by atoms with van der Waals surface area (Å²) in [7, 11) is 0. The molecule has 1 aliphatic carbocycles. The van der Waals surface area contributed by atoms with E-state index < -0.39 is 42.6 Å². The number of aromatic nitrogens is 2. The van der Waals surface area contributed by atoms with Crippen LogP contribution in [0.3, 0.4) is 0 Å². The average Bonchev–Trinajstić information content (AvgIpc) is 3.56. The summed E-state index contributed by atoms with van der Waals surface area (Å²) in [4.78, 5) is 27.3. The van der Waals surface area contributed by atoms with Gasteiger partial charge in [-0.1, -0.05) is 47.5 Å². The lowest BCUT2D eigenvalue weighted by Crippen LogP contribution is -2.53. The van der Waals surface area contributed by atoms with E-state index >= 15 is 0 Å². The second-order valence-corrected chi connectivity index (χ2v) is 9.75. The second-order valence-electron chi connectivity index (χ2n) is 8.88. The van der Waals surface area contributed by atoms with E-state index in [0.29, 0.717) is 21.8 Å². The van der Waals surface area contributed by atoms with E-state index in [4.69, 9.17) is 32.4 Å². The van der Waals surface area contributed by atoms with Crippen molar-refractivity contribution in [2.24, 2.45) is 5.92 Å². The van der Waals surface area contributed by atoms with Gasteiger partial charge in [-0.15, -0.1) is 10.2 Å². The number of morpholine rings is 1. The van der Waals surface area contributed by atoms with E-state index in [-0.39, 0.29) is 5.92 Å². The fourth-order valence-electron chi connectivity index (χ4n) is 4.69. The molecule has 182 valence electrons. The van der Waals surface area contributed by atoms with Crippen LogP contribution in [-0.4, -0.2) is 38.2 Å². The molecule has 2 aromatic carbocycles. The van der Waals surface area contributed by atoms with Crippen LogP contribution in [0.5, 0.6) is 0 Å². The van der Waals surface area contributed by atoms with Gasteiger partial charge in [0.15, 0.2) is 0 Å². The van der Waals surface area contributed by atoms with Gasteiger partial charge in [0, 0.05) is 17.0 Å². The first kappa shape index (κ1) is 23.8. The first-order valence-corrected chi connectivity index (χ1v) is 12.1. The molecule has 3 aromatic rings. The number of carboxylic acid groups (broad SMARTS) is 1. The van der Waals surface area contributed by atoms with Crippen molar-refractivity contribution in [3.63, 3.8) is 0 Å². The number of nitrogens with zero attached hydrogens (tertiary/aromatic N) is 3. The lowest BCUT2D eigenvalue weighted by molar-refractivity contribution is -0.185. The van der Waals surface area contributed by atoms with Crippen LogP contribution >= 0.6 is 23.2 Å². The van der Waals surface area contributed by atoms with Crippen molar-refractivity contribution >= 4 is 35.1 Å². The molecule has 0 bridgehead atoms. The van der Waals surface area contributed by atoms with E-state index in [1.165, 1.54) is 0 Å². The zero-order valence-electron chi connectivity index (χ0n) is 18.8. The SMILES string of the molecule is Cc1nnc([C@@H](C2CC2)N2C(=O)[C@@H](CC(=O)O)O[C@H](c3cccc(Cl)c3)[C@@H]2c2ccc(Cl)cc2)o1. The smallest absolute Gasteiger partial charge is 0.306 e. The topological polar surface area (TPSA) is 106 Å². The Balaban J connectivity index is 1.69. The molecular weight excluding hydrogens is 493 g/mol. The zero-order chi connectivity index (χ0) is 24.7. The highest BCUT2D eigenvalue weighted by atomic mass is 35.5. The monoisotopic (exact) mass is 515 g/mol. The Morgan fingerprint density at radius 3 is 2.46 bits per heavy atom. The van der Waals surface area contributed by atoms with E-state index in [1.54, 1.807) is 42.2 Å². The number of hydrogen-bond donors (Lipinski definition) is 1. The number of aryl methyl sites for hydroxylation is 1. The Labute approximate surface area is 211 Å². The minimum absolute atomic E-state index is 0.109. The van der Waals surface area contributed by atoms with Crippen molar-refractivity contribution in [2.75, 3.05) is 0 Å². The highest BCUT2D eigenvalue weighted by molar-refractivity contribution is 6.30. The molecule has 2 fully saturated rings. The molecular formula is C25H23Cl2N3O5. The van der Waals surface area contributed by atoms with Gasteiger partial charge in [0.05, 0.1) is 12.5 Å². The zero-order valence-corrected chi connectivity index (χ0v) is 20.3. The third kappa shape index (κ3) is 4.91. The molecule has 10 heteroatoms. The van der Waals surface area contributed by atoms with Crippen LogP contribution in [0.2, 0.25) is 10.0 Å². The van der Waals surface area contributed by atoms with E-state index in [9.17, 15) is 14.7 Å². The van der Waals surface area contributed by atoms with E-state index in [2.05, 4.69) is 10.2 Å². The molecule has 1 saturated carbocycles. The Morgan fingerprint density at radius 2 is 1.86 bits per heavy atom. The van der Waals surface area contributed by atoms with E-state index in [0.717, 1.165) is 24.0 Å². The van der Waals surface area contributed by atoms with Gasteiger partial charge in [-0.05, 0) is 54.2 Å². The quantitative estimate of drug-likeness (QED) is 0.453. The third-order valence-corrected chi connectivity index (χ3v) is 6.83. The number of amides is 1. The first-order valence-electron chi connectivity index (χ1n) is 11.3. The summed E-state index contributed by atoms with van der Waals surface area (Å²) in [5.41, 5.74) is 1.50. The van der Waals surface area contributed by atoms with Gasteiger partial charge in [0.25, 0.3) is 5.91 Å². The van der Waals surface area contributed by atoms with Crippen LogP contribution in [-0.2, 0) is 14.3 Å². The maximum Gasteiger partial charge on any atom is 0.306 e. The normalized spacial score (nSPS) is 23.3.